The van der Waals surface area contributed by atoms with E-state index in [1.165, 1.54) is 25.7 Å². The van der Waals surface area contributed by atoms with Crippen LogP contribution in [0.1, 0.15) is 44.9 Å². The molecule has 0 radical (unpaired) electrons. The number of hydrogen-bond acceptors (Lipinski definition) is 3. The molecule has 1 unspecified atom stereocenters. The fraction of sp³-hybridized carbons (Fsp3) is 0.929. The highest BCUT2D eigenvalue weighted by molar-refractivity contribution is 5.68. The van der Waals surface area contributed by atoms with Gasteiger partial charge < -0.3 is 10.0 Å². The minimum atomic E-state index is -0.643. The molecule has 1 aliphatic heterocycles. The summed E-state index contributed by atoms with van der Waals surface area (Å²) in [6.45, 7) is 2.22. The zero-order valence-corrected chi connectivity index (χ0v) is 11.7. The Hall–Kier alpha value is -0.610. The Balaban J connectivity index is 2.09. The SMILES string of the molecule is CN1CCC(N(C)C2(CC(=O)O)CCCCC2)C1. The molecule has 0 bridgehead atoms. The van der Waals surface area contributed by atoms with Crippen LogP contribution in [-0.2, 0) is 4.79 Å². The summed E-state index contributed by atoms with van der Waals surface area (Å²) >= 11 is 0. The predicted molar refractivity (Wildman–Crippen MR) is 71.7 cm³/mol. The predicted octanol–water partition coefficient (Wildman–Crippen LogP) is 1.80. The molecular formula is C14H26N2O2. The van der Waals surface area contributed by atoms with Gasteiger partial charge in [-0.15, -0.1) is 0 Å². The molecule has 1 heterocycles. The Morgan fingerprint density at radius 3 is 2.56 bits per heavy atom. The Labute approximate surface area is 110 Å². The average molecular weight is 254 g/mol. The van der Waals surface area contributed by atoms with Crippen LogP contribution in [0, 0.1) is 0 Å². The largest absolute Gasteiger partial charge is 0.481 e. The molecular weight excluding hydrogens is 228 g/mol. The highest BCUT2D eigenvalue weighted by atomic mass is 16.4. The molecule has 18 heavy (non-hydrogen) atoms. The van der Waals surface area contributed by atoms with Crippen molar-refractivity contribution < 1.29 is 9.90 Å². The first-order chi connectivity index (χ1) is 8.53. The lowest BCUT2D eigenvalue weighted by atomic mass is 9.77. The van der Waals surface area contributed by atoms with Gasteiger partial charge in [-0.3, -0.25) is 9.69 Å². The number of nitrogens with zero attached hydrogens (tertiary/aromatic N) is 2. The van der Waals surface area contributed by atoms with Gasteiger partial charge in [0.15, 0.2) is 0 Å². The van der Waals surface area contributed by atoms with Crippen LogP contribution >= 0.6 is 0 Å². The van der Waals surface area contributed by atoms with Crippen molar-refractivity contribution in [3.8, 4) is 0 Å². The first kappa shape index (κ1) is 13.8. The van der Waals surface area contributed by atoms with Gasteiger partial charge in [0.1, 0.15) is 0 Å². The number of likely N-dealkylation sites (N-methyl/N-ethyl adjacent to an activating group) is 2. The van der Waals surface area contributed by atoms with E-state index in [1.54, 1.807) is 0 Å². The van der Waals surface area contributed by atoms with Crippen molar-refractivity contribution >= 4 is 5.97 Å². The molecule has 2 rings (SSSR count). The second-order valence-corrected chi connectivity index (χ2v) is 6.17. The van der Waals surface area contributed by atoms with Crippen molar-refractivity contribution in [2.24, 2.45) is 0 Å². The molecule has 0 aromatic rings. The quantitative estimate of drug-likeness (QED) is 0.831. The maximum atomic E-state index is 11.2. The lowest BCUT2D eigenvalue weighted by molar-refractivity contribution is -0.141. The molecule has 0 aromatic carbocycles. The maximum Gasteiger partial charge on any atom is 0.305 e. The minimum Gasteiger partial charge on any atom is -0.481 e. The average Bonchev–Trinajstić information content (AvgIpc) is 2.75. The van der Waals surface area contributed by atoms with Crippen LogP contribution in [0.5, 0.6) is 0 Å². The van der Waals surface area contributed by atoms with Crippen LogP contribution in [0.2, 0.25) is 0 Å². The molecule has 104 valence electrons. The molecule has 1 saturated carbocycles. The van der Waals surface area contributed by atoms with E-state index in [2.05, 4.69) is 23.9 Å². The van der Waals surface area contributed by atoms with Gasteiger partial charge in [0.2, 0.25) is 0 Å². The van der Waals surface area contributed by atoms with Crippen molar-refractivity contribution in [1.29, 1.82) is 0 Å². The molecule has 0 aromatic heterocycles. The summed E-state index contributed by atoms with van der Waals surface area (Å²) in [5.41, 5.74) is -0.0834. The third kappa shape index (κ3) is 2.86. The van der Waals surface area contributed by atoms with Crippen LogP contribution in [0.15, 0.2) is 0 Å². The third-order valence-electron chi connectivity index (χ3n) is 4.93. The maximum absolute atomic E-state index is 11.2. The van der Waals surface area contributed by atoms with Crippen LogP contribution < -0.4 is 0 Å². The summed E-state index contributed by atoms with van der Waals surface area (Å²) in [4.78, 5) is 16.0. The van der Waals surface area contributed by atoms with Gasteiger partial charge >= 0.3 is 5.97 Å². The molecule has 2 fully saturated rings. The van der Waals surface area contributed by atoms with Crippen LogP contribution in [-0.4, -0.2) is 59.6 Å². The molecule has 1 saturated heterocycles. The number of rotatable bonds is 4. The number of carbonyl (C=O) groups is 1. The van der Waals surface area contributed by atoms with E-state index in [9.17, 15) is 9.90 Å². The molecule has 4 nitrogen and oxygen atoms in total. The molecule has 1 aliphatic carbocycles. The normalized spacial score (nSPS) is 28.7. The first-order valence-electron chi connectivity index (χ1n) is 7.17. The van der Waals surface area contributed by atoms with E-state index < -0.39 is 5.97 Å². The number of aliphatic carboxylic acids is 1. The minimum absolute atomic E-state index is 0.0834. The fourth-order valence-corrected chi connectivity index (χ4v) is 3.76. The summed E-state index contributed by atoms with van der Waals surface area (Å²) in [6, 6.07) is 0.535. The summed E-state index contributed by atoms with van der Waals surface area (Å²) in [5.74, 6) is -0.643. The Morgan fingerprint density at radius 1 is 1.39 bits per heavy atom. The number of carboxylic acid groups (broad SMARTS) is 1. The standard InChI is InChI=1S/C14H26N2O2/c1-15-9-6-12(11-15)16(2)14(10-13(17)18)7-4-3-5-8-14/h12H,3-11H2,1-2H3,(H,17,18). The highest BCUT2D eigenvalue weighted by Crippen LogP contribution is 2.38. The van der Waals surface area contributed by atoms with E-state index in [0.29, 0.717) is 12.5 Å². The van der Waals surface area contributed by atoms with E-state index >= 15 is 0 Å². The summed E-state index contributed by atoms with van der Waals surface area (Å²) in [5, 5.41) is 9.24. The monoisotopic (exact) mass is 254 g/mol. The topological polar surface area (TPSA) is 43.8 Å². The van der Waals surface area contributed by atoms with E-state index in [-0.39, 0.29) is 5.54 Å². The van der Waals surface area contributed by atoms with Gasteiger partial charge in [0.25, 0.3) is 0 Å². The van der Waals surface area contributed by atoms with Crippen molar-refractivity contribution in [1.82, 2.24) is 9.80 Å². The Kier molecular flexibility index (Phi) is 4.28. The van der Waals surface area contributed by atoms with Gasteiger partial charge in [-0.25, -0.2) is 0 Å². The summed E-state index contributed by atoms with van der Waals surface area (Å²) in [6.07, 6.45) is 7.21. The van der Waals surface area contributed by atoms with Crippen LogP contribution in [0.3, 0.4) is 0 Å². The highest BCUT2D eigenvalue weighted by Gasteiger charge is 2.42. The zero-order chi connectivity index (χ0) is 13.2. The first-order valence-corrected chi connectivity index (χ1v) is 7.17. The van der Waals surface area contributed by atoms with Gasteiger partial charge in [-0.1, -0.05) is 19.3 Å². The fourth-order valence-electron chi connectivity index (χ4n) is 3.76. The van der Waals surface area contributed by atoms with Crippen molar-refractivity contribution in [3.05, 3.63) is 0 Å². The molecule has 4 heteroatoms. The Bertz CT molecular complexity index is 300. The molecule has 1 N–H and O–H groups in total. The number of likely N-dealkylation sites (tertiary alicyclic amines) is 1. The smallest absolute Gasteiger partial charge is 0.305 e. The lowest BCUT2D eigenvalue weighted by Gasteiger charge is -2.46. The van der Waals surface area contributed by atoms with Crippen molar-refractivity contribution in [2.75, 3.05) is 27.2 Å². The molecule has 0 spiro atoms. The lowest BCUT2D eigenvalue weighted by Crippen LogP contribution is -2.54. The second kappa shape index (κ2) is 5.57. The van der Waals surface area contributed by atoms with Gasteiger partial charge in [0, 0.05) is 18.1 Å². The number of hydrogen-bond donors (Lipinski definition) is 1. The van der Waals surface area contributed by atoms with Crippen LogP contribution in [0.4, 0.5) is 0 Å². The third-order valence-corrected chi connectivity index (χ3v) is 4.93. The summed E-state index contributed by atoms with van der Waals surface area (Å²) < 4.78 is 0. The van der Waals surface area contributed by atoms with Gasteiger partial charge in [-0.2, -0.15) is 0 Å². The van der Waals surface area contributed by atoms with E-state index in [0.717, 1.165) is 25.9 Å². The summed E-state index contributed by atoms with van der Waals surface area (Å²) in [7, 11) is 4.30. The zero-order valence-electron chi connectivity index (χ0n) is 11.7. The van der Waals surface area contributed by atoms with Crippen molar-refractivity contribution in [3.63, 3.8) is 0 Å². The molecule has 0 amide bonds. The van der Waals surface area contributed by atoms with Gasteiger partial charge in [-0.05, 0) is 39.9 Å². The van der Waals surface area contributed by atoms with E-state index in [1.807, 2.05) is 0 Å². The second-order valence-electron chi connectivity index (χ2n) is 6.17. The van der Waals surface area contributed by atoms with Gasteiger partial charge in [0.05, 0.1) is 6.42 Å². The number of carboxylic acids is 1. The Morgan fingerprint density at radius 2 is 2.06 bits per heavy atom. The molecule has 1 atom stereocenters. The van der Waals surface area contributed by atoms with Crippen LogP contribution in [0.25, 0.3) is 0 Å². The van der Waals surface area contributed by atoms with E-state index in [4.69, 9.17) is 0 Å². The molecule has 2 aliphatic rings. The van der Waals surface area contributed by atoms with Crippen molar-refractivity contribution in [2.45, 2.75) is 56.5 Å².